The fourth-order valence-electron chi connectivity index (χ4n) is 0.462. The molecule has 0 spiro atoms. The Labute approximate surface area is 88.4 Å². The highest BCUT2D eigenvalue weighted by atomic mass is 79.9. The normalized spacial score (nSPS) is 10.8. The molecule has 1 amide bonds. The summed E-state index contributed by atoms with van der Waals surface area (Å²) in [6.07, 6.45) is 2.98. The molecule has 0 heterocycles. The van der Waals surface area contributed by atoms with Crippen LogP contribution < -0.4 is 5.32 Å². The summed E-state index contributed by atoms with van der Waals surface area (Å²) in [4.78, 5) is 20.4. The third-order valence-corrected chi connectivity index (χ3v) is 1.75. The number of rotatable bonds is 4. The minimum Gasteiger partial charge on any atom is -0.359 e. The Morgan fingerprint density at radius 2 is 2.00 bits per heavy atom. The van der Waals surface area contributed by atoms with Crippen molar-refractivity contribution >= 4 is 28.1 Å². The molecule has 1 N–H and O–H groups in total. The zero-order valence-corrected chi connectivity index (χ0v) is 10.1. The number of carbonyl (C=O) groups is 2. The maximum absolute atomic E-state index is 10.6. The minimum absolute atomic E-state index is 0.0358. The van der Waals surface area contributed by atoms with Crippen molar-refractivity contribution in [2.75, 3.05) is 7.05 Å². The van der Waals surface area contributed by atoms with Crippen molar-refractivity contribution in [1.82, 2.24) is 5.32 Å². The van der Waals surface area contributed by atoms with Crippen LogP contribution in [0.4, 0.5) is 0 Å². The zero-order valence-electron chi connectivity index (χ0n) is 8.47. The second kappa shape index (κ2) is 11.6. The average molecular weight is 252 g/mol. The minimum atomic E-state index is -0.190. The summed E-state index contributed by atoms with van der Waals surface area (Å²) in [5.74, 6) is -0.0358. The molecule has 0 saturated heterocycles. The smallest absolute Gasteiger partial charge is 0.219 e. The van der Waals surface area contributed by atoms with Gasteiger partial charge in [0.15, 0.2) is 0 Å². The molecule has 0 aliphatic carbocycles. The molecule has 1 atom stereocenters. The van der Waals surface area contributed by atoms with E-state index in [0.29, 0.717) is 12.8 Å². The van der Waals surface area contributed by atoms with E-state index in [4.69, 9.17) is 0 Å². The Kier molecular flexibility index (Phi) is 13.5. The number of hydrogen-bond acceptors (Lipinski definition) is 2. The SMILES string of the molecule is CCC.CNC(=O)CCC(Br)C=O. The van der Waals surface area contributed by atoms with Crippen LogP contribution in [-0.2, 0) is 9.59 Å². The van der Waals surface area contributed by atoms with Gasteiger partial charge in [-0.1, -0.05) is 36.2 Å². The first kappa shape index (κ1) is 15.1. The summed E-state index contributed by atoms with van der Waals surface area (Å²) in [6.45, 7) is 4.25. The zero-order chi connectivity index (χ0) is 10.7. The van der Waals surface area contributed by atoms with Gasteiger partial charge < -0.3 is 10.1 Å². The van der Waals surface area contributed by atoms with Gasteiger partial charge in [0, 0.05) is 13.5 Å². The van der Waals surface area contributed by atoms with Crippen LogP contribution in [-0.4, -0.2) is 24.1 Å². The molecule has 0 fully saturated rings. The Bertz CT molecular complexity index is 140. The fourth-order valence-corrected chi connectivity index (χ4v) is 0.691. The lowest BCUT2D eigenvalue weighted by atomic mass is 10.2. The molecule has 0 aromatic rings. The molecule has 0 radical (unpaired) electrons. The molecule has 0 aromatic carbocycles. The van der Waals surface area contributed by atoms with E-state index in [-0.39, 0.29) is 10.7 Å². The number of hydrogen-bond donors (Lipinski definition) is 1. The molecule has 0 saturated carbocycles. The van der Waals surface area contributed by atoms with Crippen molar-refractivity contribution in [3.63, 3.8) is 0 Å². The summed E-state index contributed by atoms with van der Waals surface area (Å²) < 4.78 is 0. The van der Waals surface area contributed by atoms with Crippen LogP contribution in [0.3, 0.4) is 0 Å². The number of carbonyl (C=O) groups excluding carboxylic acids is 2. The van der Waals surface area contributed by atoms with Crippen LogP contribution >= 0.6 is 15.9 Å². The number of alkyl halides is 1. The van der Waals surface area contributed by atoms with Gasteiger partial charge in [-0.2, -0.15) is 0 Å². The van der Waals surface area contributed by atoms with Crippen molar-refractivity contribution in [3.8, 4) is 0 Å². The van der Waals surface area contributed by atoms with E-state index in [2.05, 4.69) is 35.1 Å². The first-order chi connectivity index (χ1) is 6.12. The van der Waals surface area contributed by atoms with E-state index in [9.17, 15) is 9.59 Å². The van der Waals surface area contributed by atoms with Gasteiger partial charge in [0.05, 0.1) is 4.83 Å². The Morgan fingerprint density at radius 1 is 1.54 bits per heavy atom. The lowest BCUT2D eigenvalue weighted by molar-refractivity contribution is -0.120. The van der Waals surface area contributed by atoms with Gasteiger partial charge in [0.25, 0.3) is 0 Å². The molecular formula is C9H18BrNO2. The van der Waals surface area contributed by atoms with E-state index in [0.717, 1.165) is 6.29 Å². The first-order valence-corrected chi connectivity index (χ1v) is 5.33. The maximum atomic E-state index is 10.6. The van der Waals surface area contributed by atoms with Crippen LogP contribution in [0.15, 0.2) is 0 Å². The Balaban J connectivity index is 0. The molecule has 0 aromatic heterocycles. The van der Waals surface area contributed by atoms with Crippen molar-refractivity contribution in [3.05, 3.63) is 0 Å². The fraction of sp³-hybridized carbons (Fsp3) is 0.778. The number of amides is 1. The number of halogens is 1. The number of nitrogens with one attached hydrogen (secondary N) is 1. The highest BCUT2D eigenvalue weighted by molar-refractivity contribution is 9.09. The Morgan fingerprint density at radius 3 is 2.31 bits per heavy atom. The molecule has 0 aliphatic heterocycles. The molecule has 4 heteroatoms. The molecule has 3 nitrogen and oxygen atoms in total. The summed E-state index contributed by atoms with van der Waals surface area (Å²) >= 11 is 3.09. The van der Waals surface area contributed by atoms with Gasteiger partial charge in [-0.3, -0.25) is 4.79 Å². The predicted octanol–water partition coefficient (Wildman–Crippen LogP) is 1.89. The van der Waals surface area contributed by atoms with E-state index < -0.39 is 0 Å². The van der Waals surface area contributed by atoms with Crippen molar-refractivity contribution < 1.29 is 9.59 Å². The van der Waals surface area contributed by atoms with E-state index in [1.807, 2.05) is 0 Å². The molecule has 78 valence electrons. The van der Waals surface area contributed by atoms with Crippen molar-refractivity contribution in [2.24, 2.45) is 0 Å². The van der Waals surface area contributed by atoms with Crippen LogP contribution in [0.1, 0.15) is 33.1 Å². The third kappa shape index (κ3) is 14.5. The lowest BCUT2D eigenvalue weighted by Crippen LogP contribution is -2.18. The largest absolute Gasteiger partial charge is 0.359 e. The molecular weight excluding hydrogens is 234 g/mol. The average Bonchev–Trinajstić information content (AvgIpc) is 2.14. The summed E-state index contributed by atoms with van der Waals surface area (Å²) in [6, 6.07) is 0. The van der Waals surface area contributed by atoms with Gasteiger partial charge in [-0.05, 0) is 6.42 Å². The summed E-state index contributed by atoms with van der Waals surface area (Å²) in [7, 11) is 1.58. The standard InChI is InChI=1S/C6H10BrNO2.C3H8/c1-8-6(10)3-2-5(7)4-9;1-3-2/h4-5H,2-3H2,1H3,(H,8,10);3H2,1-2H3. The molecule has 0 bridgehead atoms. The molecule has 13 heavy (non-hydrogen) atoms. The highest BCUT2D eigenvalue weighted by Gasteiger charge is 2.04. The van der Waals surface area contributed by atoms with Crippen molar-refractivity contribution in [1.29, 1.82) is 0 Å². The van der Waals surface area contributed by atoms with E-state index in [1.165, 1.54) is 6.42 Å². The van der Waals surface area contributed by atoms with E-state index >= 15 is 0 Å². The van der Waals surface area contributed by atoms with Gasteiger partial charge in [-0.15, -0.1) is 0 Å². The van der Waals surface area contributed by atoms with Gasteiger partial charge >= 0.3 is 0 Å². The van der Waals surface area contributed by atoms with Gasteiger partial charge in [-0.25, -0.2) is 0 Å². The molecule has 0 rings (SSSR count). The first-order valence-electron chi connectivity index (χ1n) is 4.42. The van der Waals surface area contributed by atoms with Crippen LogP contribution in [0, 0.1) is 0 Å². The number of aldehydes is 1. The molecule has 1 unspecified atom stereocenters. The third-order valence-electron chi connectivity index (χ3n) is 1.07. The van der Waals surface area contributed by atoms with Crippen molar-refractivity contribution in [2.45, 2.75) is 37.9 Å². The van der Waals surface area contributed by atoms with Gasteiger partial charge in [0.2, 0.25) is 5.91 Å². The summed E-state index contributed by atoms with van der Waals surface area (Å²) in [5, 5.41) is 2.47. The summed E-state index contributed by atoms with van der Waals surface area (Å²) in [5.41, 5.74) is 0. The quantitative estimate of drug-likeness (QED) is 0.613. The molecule has 0 aliphatic rings. The second-order valence-electron chi connectivity index (χ2n) is 2.57. The van der Waals surface area contributed by atoms with Crippen LogP contribution in [0.2, 0.25) is 0 Å². The highest BCUT2D eigenvalue weighted by Crippen LogP contribution is 2.03. The van der Waals surface area contributed by atoms with Gasteiger partial charge in [0.1, 0.15) is 6.29 Å². The van der Waals surface area contributed by atoms with Crippen LogP contribution in [0.5, 0.6) is 0 Å². The van der Waals surface area contributed by atoms with Crippen LogP contribution in [0.25, 0.3) is 0 Å². The topological polar surface area (TPSA) is 46.2 Å². The predicted molar refractivity (Wildman–Crippen MR) is 58.0 cm³/mol. The second-order valence-corrected chi connectivity index (χ2v) is 3.75. The monoisotopic (exact) mass is 251 g/mol. The van der Waals surface area contributed by atoms with E-state index in [1.54, 1.807) is 7.05 Å². The maximum Gasteiger partial charge on any atom is 0.219 e. The lowest BCUT2D eigenvalue weighted by Gasteiger charge is -1.99. The Hall–Kier alpha value is -0.380.